The third-order valence-electron chi connectivity index (χ3n) is 8.12. The van der Waals surface area contributed by atoms with Crippen molar-refractivity contribution in [3.8, 4) is 0 Å². The Labute approximate surface area is 212 Å². The van der Waals surface area contributed by atoms with E-state index in [0.29, 0.717) is 33.2 Å². The lowest BCUT2D eigenvalue weighted by Crippen LogP contribution is -2.42. The van der Waals surface area contributed by atoms with Crippen LogP contribution < -0.4 is 5.32 Å². The lowest BCUT2D eigenvalue weighted by molar-refractivity contribution is -0.124. The van der Waals surface area contributed by atoms with Crippen LogP contribution in [0.25, 0.3) is 0 Å². The zero-order chi connectivity index (χ0) is 24.1. The molecule has 2 N–H and O–H groups in total. The fourth-order valence-corrected chi connectivity index (χ4v) is 5.96. The van der Waals surface area contributed by atoms with Crippen LogP contribution in [0.3, 0.4) is 0 Å². The average molecular weight is 499 g/mol. The molecule has 204 valence electrons. The molecule has 1 aliphatic heterocycles. The van der Waals surface area contributed by atoms with Crippen LogP contribution in [-0.2, 0) is 23.7 Å². The van der Waals surface area contributed by atoms with Crippen molar-refractivity contribution in [2.24, 2.45) is 0 Å². The quantitative estimate of drug-likeness (QED) is 0.615. The molecule has 0 amide bonds. The van der Waals surface area contributed by atoms with E-state index < -0.39 is 0 Å². The van der Waals surface area contributed by atoms with Gasteiger partial charge in [-0.05, 0) is 38.5 Å². The van der Waals surface area contributed by atoms with E-state index in [9.17, 15) is 5.11 Å². The number of ether oxygens (including phenoxy) is 5. The van der Waals surface area contributed by atoms with Gasteiger partial charge in [0.2, 0.25) is 0 Å². The predicted octanol–water partition coefficient (Wildman–Crippen LogP) is 2.86. The number of aliphatic hydroxyl groups is 1. The molecule has 0 aromatic rings. The van der Waals surface area contributed by atoms with Gasteiger partial charge >= 0.3 is 0 Å². The molecule has 3 unspecified atom stereocenters. The summed E-state index contributed by atoms with van der Waals surface area (Å²) in [6.07, 6.45) is 13.5. The Hall–Kier alpha value is -0.320. The number of aliphatic hydroxyl groups excluding tert-OH is 1. The molecule has 0 radical (unpaired) electrons. The highest BCUT2D eigenvalue weighted by atomic mass is 16.5. The molecule has 6 atom stereocenters. The summed E-state index contributed by atoms with van der Waals surface area (Å²) >= 11 is 0. The van der Waals surface area contributed by atoms with Crippen LogP contribution in [0.2, 0.25) is 0 Å². The van der Waals surface area contributed by atoms with E-state index in [1.165, 1.54) is 25.7 Å². The van der Waals surface area contributed by atoms with Crippen LogP contribution in [-0.4, -0.2) is 106 Å². The Balaban J connectivity index is 1.32. The Bertz CT molecular complexity index is 536. The lowest BCUT2D eigenvalue weighted by Gasteiger charge is -2.34. The first-order chi connectivity index (χ1) is 17.3. The predicted molar refractivity (Wildman–Crippen MR) is 135 cm³/mol. The standard InChI is InChI=1S/C27H50N2O6/c30-22-7-1-2-8-23(22)35-21-29-15-19-33-26-11-5-3-9-24(26)31-17-13-28-14-18-32-25-10-4-6-12-27(25)34-20-16-29/h22-28,30H,1-21H2/t22?,23?,24-,25+,26+,27?/m0/s1. The Kier molecular flexibility index (Phi) is 12.5. The Morgan fingerprint density at radius 2 is 1.09 bits per heavy atom. The molecule has 3 aliphatic carbocycles. The van der Waals surface area contributed by atoms with E-state index in [4.69, 9.17) is 23.7 Å². The monoisotopic (exact) mass is 498 g/mol. The number of nitrogens with one attached hydrogen (secondary N) is 1. The third kappa shape index (κ3) is 9.49. The maximum absolute atomic E-state index is 10.3. The normalized spacial score (nSPS) is 38.0. The summed E-state index contributed by atoms with van der Waals surface area (Å²) in [5.41, 5.74) is 0. The van der Waals surface area contributed by atoms with Gasteiger partial charge in [0, 0.05) is 26.2 Å². The molecule has 1 saturated heterocycles. The van der Waals surface area contributed by atoms with Crippen LogP contribution in [0.15, 0.2) is 0 Å². The van der Waals surface area contributed by atoms with Gasteiger partial charge in [-0.2, -0.15) is 0 Å². The summed E-state index contributed by atoms with van der Waals surface area (Å²) in [7, 11) is 0. The highest BCUT2D eigenvalue weighted by molar-refractivity contribution is 4.79. The summed E-state index contributed by atoms with van der Waals surface area (Å²) in [6, 6.07) is 0. The lowest BCUT2D eigenvalue weighted by atomic mass is 9.94. The van der Waals surface area contributed by atoms with Gasteiger partial charge in [-0.3, -0.25) is 4.90 Å². The minimum atomic E-state index is -0.341. The van der Waals surface area contributed by atoms with Gasteiger partial charge in [0.25, 0.3) is 0 Å². The second kappa shape index (κ2) is 15.8. The first kappa shape index (κ1) is 27.7. The van der Waals surface area contributed by atoms with Gasteiger partial charge < -0.3 is 34.1 Å². The van der Waals surface area contributed by atoms with Crippen molar-refractivity contribution in [2.75, 3.05) is 59.3 Å². The highest BCUT2D eigenvalue weighted by Crippen LogP contribution is 2.25. The molecule has 8 nitrogen and oxygen atoms in total. The number of hydrogen-bond acceptors (Lipinski definition) is 8. The van der Waals surface area contributed by atoms with Crippen LogP contribution >= 0.6 is 0 Å². The van der Waals surface area contributed by atoms with Crippen molar-refractivity contribution in [2.45, 2.75) is 114 Å². The molecule has 4 aliphatic rings. The second-order valence-corrected chi connectivity index (χ2v) is 10.8. The summed E-state index contributed by atoms with van der Waals surface area (Å²) in [6.45, 7) is 6.53. The van der Waals surface area contributed by atoms with E-state index >= 15 is 0 Å². The molecule has 4 fully saturated rings. The van der Waals surface area contributed by atoms with Crippen LogP contribution in [0.4, 0.5) is 0 Å². The molecule has 1 heterocycles. The summed E-state index contributed by atoms with van der Waals surface area (Å²) in [5.74, 6) is 0. The maximum Gasteiger partial charge on any atom is 0.0996 e. The van der Waals surface area contributed by atoms with Crippen LogP contribution in [0.5, 0.6) is 0 Å². The van der Waals surface area contributed by atoms with Crippen LogP contribution in [0.1, 0.15) is 77.0 Å². The second-order valence-electron chi connectivity index (χ2n) is 10.8. The number of hydrogen-bond donors (Lipinski definition) is 2. The smallest absolute Gasteiger partial charge is 0.0996 e. The van der Waals surface area contributed by atoms with E-state index in [-0.39, 0.29) is 36.6 Å². The highest BCUT2D eigenvalue weighted by Gasteiger charge is 2.29. The summed E-state index contributed by atoms with van der Waals surface area (Å²) in [4.78, 5) is 2.28. The van der Waals surface area contributed by atoms with E-state index in [0.717, 1.165) is 77.5 Å². The topological polar surface area (TPSA) is 81.7 Å². The van der Waals surface area contributed by atoms with Gasteiger partial charge in [0.05, 0.1) is 69.8 Å². The third-order valence-corrected chi connectivity index (χ3v) is 8.12. The SMILES string of the molecule is OC1CCCCC1OCN1CCOC2CCCC[C@H]2OCCNCCO[C@H]2CCCC[C@H]2OCC1. The van der Waals surface area contributed by atoms with Crippen molar-refractivity contribution in [3.05, 3.63) is 0 Å². The van der Waals surface area contributed by atoms with Gasteiger partial charge in [-0.25, -0.2) is 0 Å². The minimum absolute atomic E-state index is 0.0560. The zero-order valence-electron chi connectivity index (χ0n) is 21.7. The molecule has 0 spiro atoms. The van der Waals surface area contributed by atoms with Crippen molar-refractivity contribution < 1.29 is 28.8 Å². The molecular formula is C27H50N2O6. The molecule has 0 aromatic heterocycles. The van der Waals surface area contributed by atoms with Gasteiger partial charge in [0.15, 0.2) is 0 Å². The Morgan fingerprint density at radius 1 is 0.629 bits per heavy atom. The Morgan fingerprint density at radius 3 is 1.60 bits per heavy atom. The number of fused-ring (bicyclic) bond motifs is 2. The largest absolute Gasteiger partial charge is 0.390 e. The van der Waals surface area contributed by atoms with Crippen molar-refractivity contribution >= 4 is 0 Å². The first-order valence-corrected chi connectivity index (χ1v) is 14.5. The fraction of sp³-hybridized carbons (Fsp3) is 1.00. The first-order valence-electron chi connectivity index (χ1n) is 14.5. The van der Waals surface area contributed by atoms with Crippen molar-refractivity contribution in [3.63, 3.8) is 0 Å². The van der Waals surface area contributed by atoms with E-state index in [2.05, 4.69) is 10.2 Å². The van der Waals surface area contributed by atoms with Crippen molar-refractivity contribution in [1.82, 2.24) is 10.2 Å². The minimum Gasteiger partial charge on any atom is -0.390 e. The molecular weight excluding hydrogens is 448 g/mol. The molecule has 35 heavy (non-hydrogen) atoms. The van der Waals surface area contributed by atoms with Crippen LogP contribution in [0, 0.1) is 0 Å². The van der Waals surface area contributed by atoms with Gasteiger partial charge in [-0.1, -0.05) is 38.5 Å². The number of rotatable bonds is 3. The summed E-state index contributed by atoms with van der Waals surface area (Å²) < 4.78 is 31.4. The number of nitrogens with zero attached hydrogens (tertiary/aromatic N) is 1. The fourth-order valence-electron chi connectivity index (χ4n) is 5.96. The molecule has 3 saturated carbocycles. The summed E-state index contributed by atoms with van der Waals surface area (Å²) in [5, 5.41) is 13.8. The average Bonchev–Trinajstić information content (AvgIpc) is 2.88. The zero-order valence-corrected chi connectivity index (χ0v) is 21.7. The van der Waals surface area contributed by atoms with Gasteiger partial charge in [0.1, 0.15) is 0 Å². The molecule has 0 bridgehead atoms. The van der Waals surface area contributed by atoms with Crippen molar-refractivity contribution in [1.29, 1.82) is 0 Å². The van der Waals surface area contributed by atoms with E-state index in [1.54, 1.807) is 0 Å². The van der Waals surface area contributed by atoms with Gasteiger partial charge in [-0.15, -0.1) is 0 Å². The maximum atomic E-state index is 10.3. The molecule has 8 heteroatoms. The molecule has 4 rings (SSSR count). The van der Waals surface area contributed by atoms with E-state index in [1.807, 2.05) is 0 Å². The molecule has 0 aromatic carbocycles.